The topological polar surface area (TPSA) is 68.2 Å². The number of aromatic hydroxyl groups is 1. The van der Waals surface area contributed by atoms with Crippen LogP contribution in [0.4, 0.5) is 0 Å². The SMILES string of the molecule is C=CCc1cccc(/C=N/NC(=O)CN2CCN(Cc3ccc(C)c(C)c3)CC2)c1O. The molecule has 0 unspecified atom stereocenters. The second-order valence-electron chi connectivity index (χ2n) is 8.11. The van der Waals surface area contributed by atoms with Crippen LogP contribution in [0.2, 0.25) is 0 Å². The third-order valence-corrected chi connectivity index (χ3v) is 5.72. The molecule has 1 fully saturated rings. The largest absolute Gasteiger partial charge is 0.507 e. The van der Waals surface area contributed by atoms with Gasteiger partial charge in [0.1, 0.15) is 5.75 Å². The minimum absolute atomic E-state index is 0.152. The van der Waals surface area contributed by atoms with Gasteiger partial charge in [0, 0.05) is 38.3 Å². The predicted octanol–water partition coefficient (Wildman–Crippen LogP) is 3.01. The quantitative estimate of drug-likeness (QED) is 0.391. The molecule has 0 saturated carbocycles. The van der Waals surface area contributed by atoms with Crippen LogP contribution >= 0.6 is 0 Å². The van der Waals surface area contributed by atoms with Crippen molar-refractivity contribution < 1.29 is 9.90 Å². The first-order chi connectivity index (χ1) is 15.0. The fourth-order valence-electron chi connectivity index (χ4n) is 3.71. The lowest BCUT2D eigenvalue weighted by Crippen LogP contribution is -2.48. The molecule has 0 aliphatic carbocycles. The van der Waals surface area contributed by atoms with E-state index in [2.05, 4.69) is 59.0 Å². The lowest BCUT2D eigenvalue weighted by molar-refractivity contribution is -0.122. The number of nitrogens with one attached hydrogen (secondary N) is 1. The number of benzene rings is 2. The highest BCUT2D eigenvalue weighted by Gasteiger charge is 2.19. The molecule has 3 rings (SSSR count). The number of phenolic OH excluding ortho intramolecular Hbond substituents is 1. The Morgan fingerprint density at radius 3 is 2.58 bits per heavy atom. The predicted molar refractivity (Wildman–Crippen MR) is 125 cm³/mol. The van der Waals surface area contributed by atoms with Crippen molar-refractivity contribution >= 4 is 12.1 Å². The Balaban J connectivity index is 1.43. The Hall–Kier alpha value is -2.96. The van der Waals surface area contributed by atoms with Crippen LogP contribution in [0.25, 0.3) is 0 Å². The molecular formula is C25H32N4O2. The van der Waals surface area contributed by atoms with Crippen molar-refractivity contribution in [1.82, 2.24) is 15.2 Å². The number of aryl methyl sites for hydroxylation is 2. The molecule has 1 aliphatic rings. The number of nitrogens with zero attached hydrogens (tertiary/aromatic N) is 3. The Morgan fingerprint density at radius 2 is 1.87 bits per heavy atom. The Labute approximate surface area is 184 Å². The summed E-state index contributed by atoms with van der Waals surface area (Å²) in [5.41, 5.74) is 7.90. The van der Waals surface area contributed by atoms with Crippen LogP contribution in [-0.4, -0.2) is 59.8 Å². The van der Waals surface area contributed by atoms with Gasteiger partial charge in [0.25, 0.3) is 5.91 Å². The van der Waals surface area contributed by atoms with Gasteiger partial charge in [0.2, 0.25) is 0 Å². The number of allylic oxidation sites excluding steroid dienone is 1. The Kier molecular flexibility index (Phi) is 7.98. The molecule has 1 saturated heterocycles. The highest BCUT2D eigenvalue weighted by Crippen LogP contribution is 2.21. The number of para-hydroxylation sites is 1. The monoisotopic (exact) mass is 420 g/mol. The molecule has 31 heavy (non-hydrogen) atoms. The zero-order valence-corrected chi connectivity index (χ0v) is 18.5. The van der Waals surface area contributed by atoms with Crippen LogP contribution in [-0.2, 0) is 17.8 Å². The number of phenols is 1. The summed E-state index contributed by atoms with van der Waals surface area (Å²) < 4.78 is 0. The van der Waals surface area contributed by atoms with E-state index >= 15 is 0 Å². The number of piperazine rings is 1. The van der Waals surface area contributed by atoms with E-state index in [4.69, 9.17) is 0 Å². The van der Waals surface area contributed by atoms with Crippen molar-refractivity contribution in [2.45, 2.75) is 26.8 Å². The third kappa shape index (κ3) is 6.51. The number of amides is 1. The van der Waals surface area contributed by atoms with E-state index < -0.39 is 0 Å². The van der Waals surface area contributed by atoms with Gasteiger partial charge in [-0.15, -0.1) is 6.58 Å². The molecule has 2 aromatic rings. The van der Waals surface area contributed by atoms with Crippen LogP contribution in [0.15, 0.2) is 54.2 Å². The second-order valence-corrected chi connectivity index (χ2v) is 8.11. The standard InChI is InChI=1S/C25H32N4O2/c1-4-6-22-7-5-8-23(25(22)31)16-26-27-24(30)18-29-13-11-28(12-14-29)17-21-10-9-19(2)20(3)15-21/h4-5,7-10,15-16,31H,1,6,11-14,17-18H2,2-3H3,(H,27,30)/b26-16+. The van der Waals surface area contributed by atoms with Crippen LogP contribution in [0, 0.1) is 13.8 Å². The van der Waals surface area contributed by atoms with Crippen molar-refractivity contribution in [2.75, 3.05) is 32.7 Å². The van der Waals surface area contributed by atoms with E-state index in [1.807, 2.05) is 12.1 Å². The van der Waals surface area contributed by atoms with Gasteiger partial charge in [-0.05, 0) is 48.6 Å². The van der Waals surface area contributed by atoms with Gasteiger partial charge in [-0.2, -0.15) is 5.10 Å². The molecule has 0 radical (unpaired) electrons. The summed E-state index contributed by atoms with van der Waals surface area (Å²) in [5, 5.41) is 14.2. The van der Waals surface area contributed by atoms with E-state index in [9.17, 15) is 9.90 Å². The Bertz CT molecular complexity index is 947. The minimum Gasteiger partial charge on any atom is -0.507 e. The van der Waals surface area contributed by atoms with E-state index in [0.717, 1.165) is 38.3 Å². The molecule has 6 heteroatoms. The molecule has 1 aliphatic heterocycles. The van der Waals surface area contributed by atoms with Crippen LogP contribution in [0.5, 0.6) is 5.75 Å². The summed E-state index contributed by atoms with van der Waals surface area (Å²) in [6.45, 7) is 12.8. The number of carbonyl (C=O) groups excluding carboxylic acids is 1. The molecule has 1 heterocycles. The molecule has 164 valence electrons. The maximum absolute atomic E-state index is 12.2. The van der Waals surface area contributed by atoms with E-state index in [1.165, 1.54) is 22.9 Å². The van der Waals surface area contributed by atoms with Crippen molar-refractivity contribution in [1.29, 1.82) is 0 Å². The zero-order chi connectivity index (χ0) is 22.2. The van der Waals surface area contributed by atoms with Crippen molar-refractivity contribution in [3.63, 3.8) is 0 Å². The summed E-state index contributed by atoms with van der Waals surface area (Å²) in [6, 6.07) is 12.1. The van der Waals surface area contributed by atoms with E-state index in [0.29, 0.717) is 18.5 Å². The molecule has 2 aromatic carbocycles. The third-order valence-electron chi connectivity index (χ3n) is 5.72. The smallest absolute Gasteiger partial charge is 0.254 e. The second kappa shape index (κ2) is 10.9. The summed E-state index contributed by atoms with van der Waals surface area (Å²) in [6.07, 6.45) is 3.79. The van der Waals surface area contributed by atoms with Gasteiger partial charge in [0.05, 0.1) is 12.8 Å². The number of hydrogen-bond acceptors (Lipinski definition) is 5. The molecule has 0 atom stereocenters. The highest BCUT2D eigenvalue weighted by molar-refractivity contribution is 5.86. The Morgan fingerprint density at radius 1 is 1.13 bits per heavy atom. The van der Waals surface area contributed by atoms with E-state index in [-0.39, 0.29) is 11.7 Å². The average Bonchev–Trinajstić information content (AvgIpc) is 2.75. The molecule has 0 spiro atoms. The molecule has 1 amide bonds. The number of rotatable bonds is 8. The zero-order valence-electron chi connectivity index (χ0n) is 18.5. The summed E-state index contributed by atoms with van der Waals surface area (Å²) in [4.78, 5) is 16.8. The maximum Gasteiger partial charge on any atom is 0.254 e. The van der Waals surface area contributed by atoms with Gasteiger partial charge in [0.15, 0.2) is 0 Å². The number of hydrazone groups is 1. The lowest BCUT2D eigenvalue weighted by Gasteiger charge is -2.34. The van der Waals surface area contributed by atoms with E-state index in [1.54, 1.807) is 12.1 Å². The van der Waals surface area contributed by atoms with Gasteiger partial charge in [-0.1, -0.05) is 36.4 Å². The van der Waals surface area contributed by atoms with Crippen LogP contribution in [0.1, 0.15) is 27.8 Å². The molecular weight excluding hydrogens is 388 g/mol. The first kappa shape index (κ1) is 22.7. The highest BCUT2D eigenvalue weighted by atomic mass is 16.3. The summed E-state index contributed by atoms with van der Waals surface area (Å²) in [5.74, 6) is 0.0147. The molecule has 2 N–H and O–H groups in total. The summed E-state index contributed by atoms with van der Waals surface area (Å²) in [7, 11) is 0. The van der Waals surface area contributed by atoms with Crippen molar-refractivity contribution in [3.05, 3.63) is 76.9 Å². The first-order valence-electron chi connectivity index (χ1n) is 10.7. The normalized spacial score (nSPS) is 15.3. The first-order valence-corrected chi connectivity index (χ1v) is 10.7. The van der Waals surface area contributed by atoms with Crippen molar-refractivity contribution in [3.8, 4) is 5.75 Å². The van der Waals surface area contributed by atoms with Crippen molar-refractivity contribution in [2.24, 2.45) is 5.10 Å². The summed E-state index contributed by atoms with van der Waals surface area (Å²) >= 11 is 0. The minimum atomic E-state index is -0.152. The number of carbonyl (C=O) groups is 1. The van der Waals surface area contributed by atoms with Gasteiger partial charge in [-0.25, -0.2) is 5.43 Å². The van der Waals surface area contributed by atoms with Gasteiger partial charge in [-0.3, -0.25) is 14.6 Å². The lowest BCUT2D eigenvalue weighted by atomic mass is 10.1. The molecule has 0 aromatic heterocycles. The van der Waals surface area contributed by atoms with Crippen LogP contribution < -0.4 is 5.43 Å². The fraction of sp³-hybridized carbons (Fsp3) is 0.360. The fourth-order valence-corrected chi connectivity index (χ4v) is 3.71. The van der Waals surface area contributed by atoms with Gasteiger partial charge >= 0.3 is 0 Å². The average molecular weight is 421 g/mol. The molecule has 0 bridgehead atoms. The maximum atomic E-state index is 12.2. The van der Waals surface area contributed by atoms with Crippen LogP contribution in [0.3, 0.4) is 0 Å². The number of hydrogen-bond donors (Lipinski definition) is 2. The van der Waals surface area contributed by atoms with Gasteiger partial charge < -0.3 is 5.11 Å². The molecule has 6 nitrogen and oxygen atoms in total.